The molecule has 0 radical (unpaired) electrons. The molecule has 1 atom stereocenters. The molecule has 1 unspecified atom stereocenters. The Balaban J connectivity index is 1.64. The molecule has 1 N–H and O–H groups in total. The fourth-order valence-corrected chi connectivity index (χ4v) is 4.19. The molecule has 0 spiro atoms. The van der Waals surface area contributed by atoms with Crippen LogP contribution in [0.15, 0.2) is 42.5 Å². The van der Waals surface area contributed by atoms with Gasteiger partial charge >= 0.3 is 0 Å². The molecule has 0 saturated carbocycles. The summed E-state index contributed by atoms with van der Waals surface area (Å²) in [4.78, 5) is 2.09. The van der Waals surface area contributed by atoms with Crippen molar-refractivity contribution >= 4 is 33.2 Å². The highest BCUT2D eigenvalue weighted by Crippen LogP contribution is 2.32. The van der Waals surface area contributed by atoms with Gasteiger partial charge < -0.3 is 5.11 Å². The van der Waals surface area contributed by atoms with Crippen molar-refractivity contribution in [2.24, 2.45) is 0 Å². The summed E-state index contributed by atoms with van der Waals surface area (Å²) < 4.78 is 5.88. The van der Waals surface area contributed by atoms with Gasteiger partial charge in [-0.3, -0.25) is 4.90 Å². The number of halogens is 1. The minimum absolute atomic E-state index is 0.361. The Morgan fingerprint density at radius 2 is 1.92 bits per heavy atom. The van der Waals surface area contributed by atoms with Gasteiger partial charge in [-0.05, 0) is 68.0 Å². The van der Waals surface area contributed by atoms with Crippen molar-refractivity contribution in [1.29, 1.82) is 0 Å². The number of unbranched alkanes of at least 4 members (excludes halogenated alkanes) is 1. The first-order valence-electron chi connectivity index (χ1n) is 9.15. The van der Waals surface area contributed by atoms with Crippen molar-refractivity contribution in [3.05, 3.63) is 53.1 Å². The highest BCUT2D eigenvalue weighted by atomic mass is 35.5. The van der Waals surface area contributed by atoms with Gasteiger partial charge in [-0.25, -0.2) is 0 Å². The van der Waals surface area contributed by atoms with Crippen LogP contribution in [0.2, 0.25) is 5.02 Å². The molecule has 0 bridgehead atoms. The molecule has 1 heterocycles. The van der Waals surface area contributed by atoms with Gasteiger partial charge in [-0.1, -0.05) is 42.8 Å². The van der Waals surface area contributed by atoms with Crippen molar-refractivity contribution < 1.29 is 5.11 Å². The highest BCUT2D eigenvalue weighted by Gasteiger charge is 2.10. The Morgan fingerprint density at radius 1 is 1.15 bits per heavy atom. The lowest BCUT2D eigenvalue weighted by Crippen LogP contribution is -2.33. The van der Waals surface area contributed by atoms with Gasteiger partial charge in [0.15, 0.2) is 0 Å². The molecule has 0 aliphatic carbocycles. The van der Waals surface area contributed by atoms with Crippen LogP contribution in [0.25, 0.3) is 21.3 Å². The Bertz CT molecular complexity index is 845. The van der Waals surface area contributed by atoms with E-state index >= 15 is 0 Å². The maximum atomic E-state index is 9.67. The van der Waals surface area contributed by atoms with Gasteiger partial charge in [0.05, 0.1) is 10.4 Å². The van der Waals surface area contributed by atoms with Gasteiger partial charge in [0.1, 0.15) is 6.23 Å². The summed E-state index contributed by atoms with van der Waals surface area (Å²) in [5, 5.41) is 11.6. The number of fused-ring (bicyclic) bond motifs is 1. The fourth-order valence-electron chi connectivity index (χ4n) is 3.21. The first-order chi connectivity index (χ1) is 12.6. The number of benzene rings is 2. The van der Waals surface area contributed by atoms with Crippen LogP contribution in [0.3, 0.4) is 0 Å². The zero-order chi connectivity index (χ0) is 18.5. The van der Waals surface area contributed by atoms with E-state index in [9.17, 15) is 5.11 Å². The topological polar surface area (TPSA) is 36.4 Å². The molecule has 1 aromatic heterocycles. The van der Waals surface area contributed by atoms with Crippen LogP contribution in [0, 0.1) is 0 Å². The van der Waals surface area contributed by atoms with Crippen molar-refractivity contribution in [2.45, 2.75) is 39.3 Å². The Labute approximate surface area is 164 Å². The van der Waals surface area contributed by atoms with E-state index in [0.29, 0.717) is 0 Å². The molecule has 0 saturated heterocycles. The van der Waals surface area contributed by atoms with E-state index < -0.39 is 0 Å². The van der Waals surface area contributed by atoms with Crippen molar-refractivity contribution in [3.63, 3.8) is 0 Å². The lowest BCUT2D eigenvalue weighted by Gasteiger charge is -2.23. The standard InChI is InChI=1S/C21H25ClN2OS/c1-3-24(15(2)25)13-5-4-6-16-7-12-19-20(14-16)26-23-21(19)17-8-10-18(22)11-9-17/h7-12,14-15,25H,3-6,13H2,1-2H3. The predicted molar refractivity (Wildman–Crippen MR) is 112 cm³/mol. The summed E-state index contributed by atoms with van der Waals surface area (Å²) in [6.45, 7) is 5.75. The number of nitrogens with zero attached hydrogens (tertiary/aromatic N) is 2. The molecule has 26 heavy (non-hydrogen) atoms. The third-order valence-electron chi connectivity index (χ3n) is 4.75. The summed E-state index contributed by atoms with van der Waals surface area (Å²) in [5.74, 6) is 0. The molecular formula is C21H25ClN2OS. The van der Waals surface area contributed by atoms with Crippen LogP contribution in [0.1, 0.15) is 32.3 Å². The Morgan fingerprint density at radius 3 is 2.62 bits per heavy atom. The number of aliphatic hydroxyl groups excluding tert-OH is 1. The average Bonchev–Trinajstić information content (AvgIpc) is 3.05. The minimum Gasteiger partial charge on any atom is -0.379 e. The Kier molecular flexibility index (Phi) is 6.65. The number of rotatable bonds is 8. The molecule has 0 fully saturated rings. The zero-order valence-corrected chi connectivity index (χ0v) is 16.9. The third kappa shape index (κ3) is 4.63. The predicted octanol–water partition coefficient (Wildman–Crippen LogP) is 5.60. The van der Waals surface area contributed by atoms with Crippen LogP contribution < -0.4 is 0 Å². The molecule has 138 valence electrons. The summed E-state index contributed by atoms with van der Waals surface area (Å²) >= 11 is 7.54. The molecule has 3 aromatic rings. The molecular weight excluding hydrogens is 364 g/mol. The summed E-state index contributed by atoms with van der Waals surface area (Å²) in [6, 6.07) is 14.5. The summed E-state index contributed by atoms with van der Waals surface area (Å²) in [6.07, 6.45) is 2.91. The van der Waals surface area contributed by atoms with E-state index in [2.05, 4.69) is 34.4 Å². The largest absolute Gasteiger partial charge is 0.379 e. The lowest BCUT2D eigenvalue weighted by molar-refractivity contribution is 0.0215. The van der Waals surface area contributed by atoms with Gasteiger partial charge in [0.2, 0.25) is 0 Å². The van der Waals surface area contributed by atoms with E-state index in [4.69, 9.17) is 11.6 Å². The summed E-state index contributed by atoms with van der Waals surface area (Å²) in [5.41, 5.74) is 3.49. The molecule has 3 rings (SSSR count). The molecule has 0 aliphatic rings. The first kappa shape index (κ1) is 19.3. The first-order valence-corrected chi connectivity index (χ1v) is 10.3. The number of aliphatic hydroxyl groups is 1. The van der Waals surface area contributed by atoms with Gasteiger partial charge in [0, 0.05) is 22.5 Å². The maximum Gasteiger partial charge on any atom is 0.104 e. The van der Waals surface area contributed by atoms with E-state index in [-0.39, 0.29) is 6.23 Å². The maximum absolute atomic E-state index is 9.67. The van der Waals surface area contributed by atoms with Crippen molar-refractivity contribution in [3.8, 4) is 11.3 Å². The number of aromatic nitrogens is 1. The van der Waals surface area contributed by atoms with Gasteiger partial charge in [-0.2, -0.15) is 4.37 Å². The molecule has 0 amide bonds. The van der Waals surface area contributed by atoms with Crippen LogP contribution >= 0.6 is 23.1 Å². The van der Waals surface area contributed by atoms with Gasteiger partial charge in [0.25, 0.3) is 0 Å². The zero-order valence-electron chi connectivity index (χ0n) is 15.3. The average molecular weight is 389 g/mol. The van der Waals surface area contributed by atoms with E-state index in [1.54, 1.807) is 11.5 Å². The lowest BCUT2D eigenvalue weighted by atomic mass is 10.0. The number of aryl methyl sites for hydroxylation is 1. The molecule has 5 heteroatoms. The second-order valence-electron chi connectivity index (χ2n) is 6.59. The highest BCUT2D eigenvalue weighted by molar-refractivity contribution is 7.13. The summed E-state index contributed by atoms with van der Waals surface area (Å²) in [7, 11) is 0. The van der Waals surface area contributed by atoms with Crippen LogP contribution in [-0.4, -0.2) is 33.7 Å². The molecule has 0 aliphatic heterocycles. The van der Waals surface area contributed by atoms with E-state index in [1.807, 2.05) is 31.2 Å². The van der Waals surface area contributed by atoms with E-state index in [0.717, 1.165) is 48.6 Å². The second kappa shape index (κ2) is 8.96. The smallest absolute Gasteiger partial charge is 0.104 e. The SMILES string of the molecule is CCN(CCCCc1ccc2c(-c3ccc(Cl)cc3)nsc2c1)C(C)O. The molecule has 3 nitrogen and oxygen atoms in total. The Hall–Kier alpha value is -1.46. The number of hydrogen-bond donors (Lipinski definition) is 1. The van der Waals surface area contributed by atoms with Crippen molar-refractivity contribution in [1.82, 2.24) is 9.27 Å². The van der Waals surface area contributed by atoms with Gasteiger partial charge in [-0.15, -0.1) is 0 Å². The molecule has 2 aromatic carbocycles. The number of hydrogen-bond acceptors (Lipinski definition) is 4. The van der Waals surface area contributed by atoms with Crippen molar-refractivity contribution in [2.75, 3.05) is 13.1 Å². The van der Waals surface area contributed by atoms with Crippen LogP contribution in [-0.2, 0) is 6.42 Å². The third-order valence-corrected chi connectivity index (χ3v) is 5.81. The van der Waals surface area contributed by atoms with Crippen LogP contribution in [0.4, 0.5) is 0 Å². The quantitative estimate of drug-likeness (QED) is 0.403. The van der Waals surface area contributed by atoms with Crippen LogP contribution in [0.5, 0.6) is 0 Å². The monoisotopic (exact) mass is 388 g/mol. The van der Waals surface area contributed by atoms with E-state index in [1.165, 1.54) is 15.6 Å². The second-order valence-corrected chi connectivity index (χ2v) is 7.83. The normalized spacial score (nSPS) is 12.8. The fraction of sp³-hybridized carbons (Fsp3) is 0.381. The minimum atomic E-state index is -0.361.